The highest BCUT2D eigenvalue weighted by Gasteiger charge is 2.18. The first kappa shape index (κ1) is 14.5. The third-order valence-electron chi connectivity index (χ3n) is 2.94. The molecule has 1 unspecified atom stereocenters. The van der Waals surface area contributed by atoms with E-state index in [1.807, 2.05) is 24.4 Å². The molecule has 0 bridgehead atoms. The summed E-state index contributed by atoms with van der Waals surface area (Å²) in [4.78, 5) is 17.2. The number of anilines is 1. The number of nitrogens with zero attached hydrogens (tertiary/aromatic N) is 1. The number of aromatic nitrogens is 1. The number of halogens is 1. The van der Waals surface area contributed by atoms with E-state index in [9.17, 15) is 9.18 Å². The molecule has 20 heavy (non-hydrogen) atoms. The molecule has 106 valence electrons. The van der Waals surface area contributed by atoms with E-state index >= 15 is 0 Å². The summed E-state index contributed by atoms with van der Waals surface area (Å²) in [6.45, 7) is 1.99. The van der Waals surface area contributed by atoms with Crippen molar-refractivity contribution in [1.29, 1.82) is 0 Å². The van der Waals surface area contributed by atoms with Gasteiger partial charge in [-0.25, -0.2) is 9.37 Å². The van der Waals surface area contributed by atoms with E-state index in [0.29, 0.717) is 5.82 Å². The Morgan fingerprint density at radius 1 is 1.55 bits per heavy atom. The molecule has 0 saturated heterocycles. The van der Waals surface area contributed by atoms with Crippen molar-refractivity contribution in [3.05, 3.63) is 46.0 Å². The Morgan fingerprint density at radius 2 is 2.35 bits per heavy atom. The summed E-state index contributed by atoms with van der Waals surface area (Å²) >= 11 is 1.59. The average Bonchev–Trinajstić information content (AvgIpc) is 2.98. The summed E-state index contributed by atoms with van der Waals surface area (Å²) in [6, 6.07) is 5.03. The number of hydrogen-bond donors (Lipinski definition) is 2. The molecule has 4 nitrogen and oxygen atoms in total. The van der Waals surface area contributed by atoms with Crippen LogP contribution in [0.25, 0.3) is 0 Å². The Morgan fingerprint density at radius 3 is 2.95 bits per heavy atom. The van der Waals surface area contributed by atoms with Gasteiger partial charge in [-0.1, -0.05) is 13.0 Å². The molecule has 2 aromatic rings. The van der Waals surface area contributed by atoms with Gasteiger partial charge in [0.05, 0.1) is 17.8 Å². The van der Waals surface area contributed by atoms with Crippen LogP contribution in [0, 0.1) is 5.82 Å². The molecule has 2 heterocycles. The lowest BCUT2D eigenvalue weighted by atomic mass is 10.1. The second kappa shape index (κ2) is 6.47. The van der Waals surface area contributed by atoms with E-state index in [1.54, 1.807) is 18.4 Å². The number of amides is 1. The molecule has 6 heteroatoms. The molecule has 0 aromatic carbocycles. The second-order valence-electron chi connectivity index (χ2n) is 4.25. The van der Waals surface area contributed by atoms with Crippen LogP contribution in [0.15, 0.2) is 29.8 Å². The Hall–Kier alpha value is -1.95. The number of carbonyl (C=O) groups excluding carboxylic acids is 1. The number of rotatable bonds is 5. The van der Waals surface area contributed by atoms with E-state index in [-0.39, 0.29) is 17.5 Å². The fourth-order valence-corrected chi connectivity index (χ4v) is 2.77. The van der Waals surface area contributed by atoms with Crippen LogP contribution in [-0.4, -0.2) is 17.9 Å². The smallest absolute Gasteiger partial charge is 0.255 e. The standard InChI is InChI=1S/C14H16FN3OS/c1-3-11(12-5-4-6-20-12)18-14(19)10-7-9(15)8-17-13(10)16-2/h4-8,11H,3H2,1-2H3,(H,16,17)(H,18,19). The van der Waals surface area contributed by atoms with Gasteiger partial charge in [0.1, 0.15) is 11.6 Å². The topological polar surface area (TPSA) is 54.0 Å². The van der Waals surface area contributed by atoms with E-state index in [2.05, 4.69) is 15.6 Å². The van der Waals surface area contributed by atoms with Crippen LogP contribution < -0.4 is 10.6 Å². The maximum absolute atomic E-state index is 13.3. The number of nitrogens with one attached hydrogen (secondary N) is 2. The van der Waals surface area contributed by atoms with Gasteiger partial charge in [0, 0.05) is 11.9 Å². The third kappa shape index (κ3) is 3.14. The monoisotopic (exact) mass is 293 g/mol. The summed E-state index contributed by atoms with van der Waals surface area (Å²) in [6.07, 6.45) is 1.85. The molecule has 0 spiro atoms. The zero-order chi connectivity index (χ0) is 14.5. The highest BCUT2D eigenvalue weighted by atomic mass is 32.1. The molecule has 2 aromatic heterocycles. The van der Waals surface area contributed by atoms with Crippen molar-refractivity contribution in [1.82, 2.24) is 10.3 Å². The SMILES string of the molecule is CCC(NC(=O)c1cc(F)cnc1NC)c1cccs1. The van der Waals surface area contributed by atoms with Crippen LogP contribution in [0.2, 0.25) is 0 Å². The molecule has 0 aliphatic rings. The first-order valence-electron chi connectivity index (χ1n) is 6.33. The lowest BCUT2D eigenvalue weighted by molar-refractivity contribution is 0.0936. The van der Waals surface area contributed by atoms with Crippen molar-refractivity contribution in [2.45, 2.75) is 19.4 Å². The fraction of sp³-hybridized carbons (Fsp3) is 0.286. The molecule has 0 saturated carbocycles. The van der Waals surface area contributed by atoms with Gasteiger partial charge in [-0.2, -0.15) is 0 Å². The number of pyridine rings is 1. The van der Waals surface area contributed by atoms with Crippen LogP contribution in [0.5, 0.6) is 0 Å². The molecule has 0 fully saturated rings. The largest absolute Gasteiger partial charge is 0.372 e. The Bertz CT molecular complexity index is 586. The first-order chi connectivity index (χ1) is 9.65. The van der Waals surface area contributed by atoms with Crippen LogP contribution >= 0.6 is 11.3 Å². The van der Waals surface area contributed by atoms with Gasteiger partial charge in [-0.05, 0) is 23.9 Å². The second-order valence-corrected chi connectivity index (χ2v) is 5.23. The Kier molecular flexibility index (Phi) is 4.68. The quantitative estimate of drug-likeness (QED) is 0.890. The minimum Gasteiger partial charge on any atom is -0.372 e. The number of carbonyl (C=O) groups is 1. The van der Waals surface area contributed by atoms with Crippen LogP contribution in [0.4, 0.5) is 10.2 Å². The van der Waals surface area contributed by atoms with Crippen molar-refractivity contribution in [3.63, 3.8) is 0 Å². The average molecular weight is 293 g/mol. The molecular weight excluding hydrogens is 277 g/mol. The van der Waals surface area contributed by atoms with Gasteiger partial charge < -0.3 is 10.6 Å². The van der Waals surface area contributed by atoms with E-state index in [0.717, 1.165) is 17.5 Å². The van der Waals surface area contributed by atoms with Gasteiger partial charge in [-0.3, -0.25) is 4.79 Å². The maximum Gasteiger partial charge on any atom is 0.255 e. The summed E-state index contributed by atoms with van der Waals surface area (Å²) in [7, 11) is 1.65. The van der Waals surface area contributed by atoms with Gasteiger partial charge in [0.15, 0.2) is 0 Å². The predicted octanol–water partition coefficient (Wildman–Crippen LogP) is 3.21. The number of hydrogen-bond acceptors (Lipinski definition) is 4. The summed E-state index contributed by atoms with van der Waals surface area (Å²) in [5.41, 5.74) is 0.211. The minimum absolute atomic E-state index is 0.0736. The van der Waals surface area contributed by atoms with Crippen LogP contribution in [-0.2, 0) is 0 Å². The third-order valence-corrected chi connectivity index (χ3v) is 3.92. The van der Waals surface area contributed by atoms with Crippen molar-refractivity contribution in [2.75, 3.05) is 12.4 Å². The molecule has 0 aliphatic heterocycles. The summed E-state index contributed by atoms with van der Waals surface area (Å²) in [5, 5.41) is 7.67. The fourth-order valence-electron chi connectivity index (χ4n) is 1.91. The van der Waals surface area contributed by atoms with Crippen molar-refractivity contribution in [3.8, 4) is 0 Å². The zero-order valence-electron chi connectivity index (χ0n) is 11.3. The summed E-state index contributed by atoms with van der Waals surface area (Å²) in [5.74, 6) is -0.496. The number of thiophene rings is 1. The molecule has 1 atom stereocenters. The van der Waals surface area contributed by atoms with Gasteiger partial charge in [0.25, 0.3) is 5.91 Å². The first-order valence-corrected chi connectivity index (χ1v) is 7.21. The molecular formula is C14H16FN3OS. The summed E-state index contributed by atoms with van der Waals surface area (Å²) < 4.78 is 13.3. The lowest BCUT2D eigenvalue weighted by Crippen LogP contribution is -2.28. The lowest BCUT2D eigenvalue weighted by Gasteiger charge is -2.16. The van der Waals surface area contributed by atoms with E-state index in [4.69, 9.17) is 0 Å². The van der Waals surface area contributed by atoms with Gasteiger partial charge >= 0.3 is 0 Å². The van der Waals surface area contributed by atoms with Gasteiger partial charge in [0.2, 0.25) is 0 Å². The normalized spacial score (nSPS) is 11.9. The van der Waals surface area contributed by atoms with Crippen molar-refractivity contribution < 1.29 is 9.18 Å². The highest BCUT2D eigenvalue weighted by molar-refractivity contribution is 7.10. The Balaban J connectivity index is 2.21. The molecule has 1 amide bonds. The predicted molar refractivity (Wildman–Crippen MR) is 78.6 cm³/mol. The zero-order valence-corrected chi connectivity index (χ0v) is 12.1. The van der Waals surface area contributed by atoms with Crippen LogP contribution in [0.1, 0.15) is 34.6 Å². The highest BCUT2D eigenvalue weighted by Crippen LogP contribution is 2.23. The maximum atomic E-state index is 13.3. The van der Waals surface area contributed by atoms with Crippen LogP contribution in [0.3, 0.4) is 0 Å². The van der Waals surface area contributed by atoms with Crippen molar-refractivity contribution >= 4 is 23.1 Å². The van der Waals surface area contributed by atoms with Gasteiger partial charge in [-0.15, -0.1) is 11.3 Å². The molecule has 2 N–H and O–H groups in total. The van der Waals surface area contributed by atoms with Crippen molar-refractivity contribution in [2.24, 2.45) is 0 Å². The molecule has 0 aliphatic carbocycles. The minimum atomic E-state index is -0.529. The van der Waals surface area contributed by atoms with E-state index in [1.165, 1.54) is 6.07 Å². The molecule has 2 rings (SSSR count). The Labute approximate surface area is 121 Å². The molecule has 0 radical (unpaired) electrons. The van der Waals surface area contributed by atoms with E-state index < -0.39 is 5.82 Å².